The lowest BCUT2D eigenvalue weighted by atomic mass is 9.87. The van der Waals surface area contributed by atoms with Crippen molar-refractivity contribution in [1.29, 1.82) is 0 Å². The molecule has 2 N–H and O–H groups in total. The molecule has 0 bridgehead atoms. The summed E-state index contributed by atoms with van der Waals surface area (Å²) >= 11 is 0. The van der Waals surface area contributed by atoms with Gasteiger partial charge in [-0.15, -0.1) is 0 Å². The maximum atomic E-state index is 6.16. The number of rotatable bonds is 2. The van der Waals surface area contributed by atoms with Crippen LogP contribution in [0.25, 0.3) is 22.3 Å². The summed E-state index contributed by atoms with van der Waals surface area (Å²) in [6.07, 6.45) is 1.75. The topological polar surface area (TPSA) is 77.8 Å². The maximum Gasteiger partial charge on any atom is 0.244 e. The van der Waals surface area contributed by atoms with Gasteiger partial charge in [0.1, 0.15) is 5.69 Å². The molecule has 0 radical (unpaired) electrons. The Hall–Kier alpha value is -2.27. The second-order valence-electron chi connectivity index (χ2n) is 6.18. The van der Waals surface area contributed by atoms with Crippen LogP contribution in [0.2, 0.25) is 0 Å². The Kier molecular flexibility index (Phi) is 3.22. The number of nitrogens with zero attached hydrogens (tertiary/aromatic N) is 3. The Morgan fingerprint density at radius 2 is 1.90 bits per heavy atom. The van der Waals surface area contributed by atoms with Crippen LogP contribution >= 0.6 is 0 Å². The summed E-state index contributed by atoms with van der Waals surface area (Å²) in [5.74, 6) is 0.911. The zero-order chi connectivity index (χ0) is 15.0. The summed E-state index contributed by atoms with van der Waals surface area (Å²) in [5, 5.41) is 6.13. The third-order valence-electron chi connectivity index (χ3n) is 3.53. The summed E-state index contributed by atoms with van der Waals surface area (Å²) in [7, 11) is 0. The number of hydrogen-bond donors (Lipinski definition) is 1. The number of hydrogen-bond acceptors (Lipinski definition) is 5. The van der Waals surface area contributed by atoms with E-state index >= 15 is 0 Å². The Morgan fingerprint density at radius 3 is 2.67 bits per heavy atom. The molecule has 2 aromatic heterocycles. The lowest BCUT2D eigenvalue weighted by molar-refractivity contribution is 0.253. The highest BCUT2D eigenvalue weighted by atomic mass is 16.5. The summed E-state index contributed by atoms with van der Waals surface area (Å²) in [4.78, 5) is 8.82. The van der Waals surface area contributed by atoms with Crippen molar-refractivity contribution >= 4 is 10.8 Å². The molecule has 1 atom stereocenters. The quantitative estimate of drug-likeness (QED) is 0.780. The first-order valence-corrected chi connectivity index (χ1v) is 6.90. The molecule has 1 aromatic carbocycles. The third-order valence-corrected chi connectivity index (χ3v) is 3.53. The second kappa shape index (κ2) is 4.93. The van der Waals surface area contributed by atoms with Crippen molar-refractivity contribution in [2.24, 2.45) is 11.1 Å². The molecule has 2 heterocycles. The van der Waals surface area contributed by atoms with E-state index in [1.54, 1.807) is 6.20 Å². The molecular weight excluding hydrogens is 264 g/mol. The van der Waals surface area contributed by atoms with Crippen LogP contribution in [0.1, 0.15) is 32.7 Å². The normalized spacial score (nSPS) is 13.5. The summed E-state index contributed by atoms with van der Waals surface area (Å²) in [5.41, 5.74) is 6.73. The molecule has 5 heteroatoms. The van der Waals surface area contributed by atoms with Crippen molar-refractivity contribution in [3.8, 4) is 11.5 Å². The molecule has 0 aliphatic rings. The Morgan fingerprint density at radius 1 is 1.14 bits per heavy atom. The lowest BCUT2D eigenvalue weighted by Gasteiger charge is -2.23. The Labute approximate surface area is 123 Å². The lowest BCUT2D eigenvalue weighted by Crippen LogP contribution is -2.26. The van der Waals surface area contributed by atoms with E-state index in [4.69, 9.17) is 10.3 Å². The molecule has 5 nitrogen and oxygen atoms in total. The molecule has 0 fully saturated rings. The fraction of sp³-hybridized carbons (Fsp3) is 0.312. The number of benzene rings is 1. The van der Waals surface area contributed by atoms with Crippen LogP contribution in [0.4, 0.5) is 0 Å². The maximum absolute atomic E-state index is 6.16. The fourth-order valence-corrected chi connectivity index (χ4v) is 2.13. The summed E-state index contributed by atoms with van der Waals surface area (Å²) < 4.78 is 5.33. The van der Waals surface area contributed by atoms with Gasteiger partial charge in [-0.2, -0.15) is 4.98 Å². The first-order chi connectivity index (χ1) is 9.97. The summed E-state index contributed by atoms with van der Waals surface area (Å²) in [6.45, 7) is 6.12. The van der Waals surface area contributed by atoms with E-state index in [-0.39, 0.29) is 11.5 Å². The summed E-state index contributed by atoms with van der Waals surface area (Å²) in [6, 6.07) is 9.63. The molecule has 3 aromatic rings. The highest BCUT2D eigenvalue weighted by Crippen LogP contribution is 2.31. The van der Waals surface area contributed by atoms with Gasteiger partial charge in [0.05, 0.1) is 6.04 Å². The standard InChI is InChI=1S/C16H18N4O/c1-16(2,3)13(17)15-19-14(20-21-15)12-11-7-5-4-6-10(11)8-9-18-12/h4-9,13H,17H2,1-3H3. The van der Waals surface area contributed by atoms with Gasteiger partial charge >= 0.3 is 0 Å². The van der Waals surface area contributed by atoms with Gasteiger partial charge in [0.15, 0.2) is 0 Å². The number of pyridine rings is 1. The molecule has 0 aliphatic heterocycles. The minimum Gasteiger partial charge on any atom is -0.337 e. The molecule has 0 spiro atoms. The smallest absolute Gasteiger partial charge is 0.244 e. The van der Waals surface area contributed by atoms with Crippen LogP contribution in [0.3, 0.4) is 0 Å². The molecule has 3 rings (SSSR count). The molecule has 0 amide bonds. The minimum atomic E-state index is -0.311. The van der Waals surface area contributed by atoms with E-state index in [0.29, 0.717) is 17.4 Å². The van der Waals surface area contributed by atoms with E-state index in [1.807, 2.05) is 51.1 Å². The highest BCUT2D eigenvalue weighted by Gasteiger charge is 2.28. The van der Waals surface area contributed by atoms with Crippen LogP contribution in [0.15, 0.2) is 41.1 Å². The van der Waals surface area contributed by atoms with Crippen molar-refractivity contribution < 1.29 is 4.52 Å². The number of nitrogens with two attached hydrogens (primary N) is 1. The molecule has 0 saturated carbocycles. The first kappa shape index (κ1) is 13.7. The van der Waals surface area contributed by atoms with E-state index in [1.165, 1.54) is 0 Å². The average molecular weight is 282 g/mol. The van der Waals surface area contributed by atoms with Crippen LogP contribution in [-0.4, -0.2) is 15.1 Å². The predicted octanol–water partition coefficient (Wildman–Crippen LogP) is 3.33. The Bertz CT molecular complexity index is 768. The van der Waals surface area contributed by atoms with Gasteiger partial charge in [-0.25, -0.2) is 0 Å². The largest absolute Gasteiger partial charge is 0.337 e. The zero-order valence-corrected chi connectivity index (χ0v) is 12.4. The molecule has 21 heavy (non-hydrogen) atoms. The SMILES string of the molecule is CC(C)(C)C(N)c1nc(-c2nccc3ccccc23)no1. The predicted molar refractivity (Wildman–Crippen MR) is 81.4 cm³/mol. The van der Waals surface area contributed by atoms with Crippen LogP contribution in [0, 0.1) is 5.41 Å². The van der Waals surface area contributed by atoms with Gasteiger partial charge in [-0.05, 0) is 16.9 Å². The van der Waals surface area contributed by atoms with E-state index < -0.39 is 0 Å². The van der Waals surface area contributed by atoms with Crippen molar-refractivity contribution in [2.45, 2.75) is 26.8 Å². The first-order valence-electron chi connectivity index (χ1n) is 6.90. The highest BCUT2D eigenvalue weighted by molar-refractivity contribution is 5.92. The van der Waals surface area contributed by atoms with Crippen molar-refractivity contribution in [3.05, 3.63) is 42.4 Å². The van der Waals surface area contributed by atoms with Gasteiger partial charge in [0.25, 0.3) is 0 Å². The van der Waals surface area contributed by atoms with Crippen LogP contribution in [-0.2, 0) is 0 Å². The monoisotopic (exact) mass is 282 g/mol. The van der Waals surface area contributed by atoms with Gasteiger partial charge in [0, 0.05) is 11.6 Å². The van der Waals surface area contributed by atoms with E-state index in [0.717, 1.165) is 10.8 Å². The van der Waals surface area contributed by atoms with Crippen molar-refractivity contribution in [3.63, 3.8) is 0 Å². The molecule has 108 valence electrons. The van der Waals surface area contributed by atoms with Crippen LogP contribution < -0.4 is 5.73 Å². The second-order valence-corrected chi connectivity index (χ2v) is 6.18. The molecule has 0 saturated heterocycles. The molecule has 1 unspecified atom stereocenters. The van der Waals surface area contributed by atoms with E-state index in [9.17, 15) is 0 Å². The molecule has 0 aliphatic carbocycles. The number of fused-ring (bicyclic) bond motifs is 1. The Balaban J connectivity index is 2.07. The number of aromatic nitrogens is 3. The third kappa shape index (κ3) is 2.52. The van der Waals surface area contributed by atoms with Gasteiger partial charge < -0.3 is 10.3 Å². The zero-order valence-electron chi connectivity index (χ0n) is 12.4. The molecular formula is C16H18N4O. The van der Waals surface area contributed by atoms with Gasteiger partial charge in [-0.1, -0.05) is 50.2 Å². The average Bonchev–Trinajstić information content (AvgIpc) is 2.94. The van der Waals surface area contributed by atoms with E-state index in [2.05, 4.69) is 15.1 Å². The van der Waals surface area contributed by atoms with Crippen LogP contribution in [0.5, 0.6) is 0 Å². The van der Waals surface area contributed by atoms with Gasteiger partial charge in [0.2, 0.25) is 11.7 Å². The van der Waals surface area contributed by atoms with Crippen molar-refractivity contribution in [1.82, 2.24) is 15.1 Å². The minimum absolute atomic E-state index is 0.143. The fourth-order valence-electron chi connectivity index (χ4n) is 2.13. The van der Waals surface area contributed by atoms with Gasteiger partial charge in [-0.3, -0.25) is 4.98 Å². The van der Waals surface area contributed by atoms with Crippen molar-refractivity contribution in [2.75, 3.05) is 0 Å².